The highest BCUT2D eigenvalue weighted by atomic mass is 79.9. The van der Waals surface area contributed by atoms with E-state index >= 15 is 0 Å². The van der Waals surface area contributed by atoms with Crippen LogP contribution < -0.4 is 4.74 Å². The number of benzene rings is 1. The fourth-order valence-electron chi connectivity index (χ4n) is 2.61. The molecule has 0 aliphatic heterocycles. The van der Waals surface area contributed by atoms with Crippen LogP contribution in [-0.4, -0.2) is 12.9 Å². The van der Waals surface area contributed by atoms with Crippen LogP contribution in [0.5, 0.6) is 5.75 Å². The summed E-state index contributed by atoms with van der Waals surface area (Å²) in [6.45, 7) is 8.45. The van der Waals surface area contributed by atoms with E-state index in [2.05, 4.69) is 36.7 Å². The molecule has 0 aromatic heterocycles. The summed E-state index contributed by atoms with van der Waals surface area (Å²) in [4.78, 5) is 12.1. The molecule has 18 heavy (non-hydrogen) atoms. The van der Waals surface area contributed by atoms with Gasteiger partial charge in [0.25, 0.3) is 0 Å². The number of ketones is 1. The Hall–Kier alpha value is -0.830. The number of rotatable bonds is 1. The van der Waals surface area contributed by atoms with Gasteiger partial charge in [0.15, 0.2) is 5.78 Å². The number of halogens is 1. The first-order valence-corrected chi connectivity index (χ1v) is 7.00. The van der Waals surface area contributed by atoms with Crippen molar-refractivity contribution in [3.63, 3.8) is 0 Å². The minimum atomic E-state index is -0.0198. The SMILES string of the molecule is COc1cc2c(c(Br)c1C(C)(C)C)CC(C)C2=O. The van der Waals surface area contributed by atoms with E-state index in [1.54, 1.807) is 7.11 Å². The maximum Gasteiger partial charge on any atom is 0.166 e. The molecular formula is C15H19BrO2. The first-order chi connectivity index (χ1) is 8.27. The van der Waals surface area contributed by atoms with Crippen LogP contribution >= 0.6 is 15.9 Å². The van der Waals surface area contributed by atoms with Crippen molar-refractivity contribution in [2.75, 3.05) is 7.11 Å². The van der Waals surface area contributed by atoms with Crippen LogP contribution in [0.25, 0.3) is 0 Å². The topological polar surface area (TPSA) is 26.3 Å². The highest BCUT2D eigenvalue weighted by molar-refractivity contribution is 9.10. The smallest absolute Gasteiger partial charge is 0.166 e. The number of hydrogen-bond donors (Lipinski definition) is 0. The van der Waals surface area contributed by atoms with Crippen LogP contribution in [0, 0.1) is 5.92 Å². The molecule has 0 heterocycles. The standard InChI is InChI=1S/C15H19BrO2/c1-8-6-9-10(14(8)17)7-11(18-5)12(13(9)16)15(2,3)4/h7-8H,6H2,1-5H3. The maximum absolute atomic E-state index is 12.1. The summed E-state index contributed by atoms with van der Waals surface area (Å²) >= 11 is 3.68. The second-order valence-electron chi connectivity index (χ2n) is 6.01. The van der Waals surface area contributed by atoms with Gasteiger partial charge in [0.05, 0.1) is 7.11 Å². The molecule has 1 unspecified atom stereocenters. The van der Waals surface area contributed by atoms with Crippen molar-refractivity contribution in [2.45, 2.75) is 39.5 Å². The average molecular weight is 311 g/mol. The van der Waals surface area contributed by atoms with Crippen molar-refractivity contribution < 1.29 is 9.53 Å². The number of ether oxygens (including phenoxy) is 1. The van der Waals surface area contributed by atoms with E-state index in [9.17, 15) is 4.79 Å². The van der Waals surface area contributed by atoms with Crippen molar-refractivity contribution in [2.24, 2.45) is 5.92 Å². The highest BCUT2D eigenvalue weighted by Crippen LogP contribution is 2.44. The molecule has 0 N–H and O–H groups in total. The van der Waals surface area contributed by atoms with Crippen LogP contribution in [0.4, 0.5) is 0 Å². The van der Waals surface area contributed by atoms with Crippen molar-refractivity contribution in [1.82, 2.24) is 0 Å². The third-order valence-corrected chi connectivity index (χ3v) is 4.40. The van der Waals surface area contributed by atoms with Crippen LogP contribution in [0.2, 0.25) is 0 Å². The number of carbonyl (C=O) groups is 1. The van der Waals surface area contributed by atoms with Crippen LogP contribution in [0.3, 0.4) is 0 Å². The maximum atomic E-state index is 12.1. The summed E-state index contributed by atoms with van der Waals surface area (Å²) in [5.74, 6) is 1.11. The molecule has 0 fully saturated rings. The molecule has 1 aromatic carbocycles. The van der Waals surface area contributed by atoms with E-state index in [-0.39, 0.29) is 17.1 Å². The van der Waals surface area contributed by atoms with Gasteiger partial charge in [0.2, 0.25) is 0 Å². The van der Waals surface area contributed by atoms with Crippen molar-refractivity contribution in [3.8, 4) is 5.75 Å². The Kier molecular flexibility index (Phi) is 3.30. The van der Waals surface area contributed by atoms with E-state index in [0.29, 0.717) is 0 Å². The molecule has 0 saturated heterocycles. The van der Waals surface area contributed by atoms with Gasteiger partial charge in [0, 0.05) is 21.5 Å². The zero-order valence-corrected chi connectivity index (χ0v) is 13.1. The Bertz CT molecular complexity index is 512. The Balaban J connectivity index is 2.73. The van der Waals surface area contributed by atoms with Gasteiger partial charge < -0.3 is 4.74 Å². The fourth-order valence-corrected chi connectivity index (χ4v) is 3.78. The predicted octanol–water partition coefficient (Wildman–Crippen LogP) is 4.13. The predicted molar refractivity (Wildman–Crippen MR) is 76.6 cm³/mol. The Morgan fingerprint density at radius 1 is 1.39 bits per heavy atom. The zero-order chi connectivity index (χ0) is 13.7. The monoisotopic (exact) mass is 310 g/mol. The Labute approximate surface area is 117 Å². The third kappa shape index (κ3) is 1.99. The highest BCUT2D eigenvalue weighted by Gasteiger charge is 2.34. The lowest BCUT2D eigenvalue weighted by atomic mass is 9.84. The van der Waals surface area contributed by atoms with E-state index in [1.807, 2.05) is 13.0 Å². The summed E-state index contributed by atoms with van der Waals surface area (Å²) in [6, 6.07) is 1.91. The molecule has 0 bridgehead atoms. The molecule has 2 nitrogen and oxygen atoms in total. The van der Waals surface area contributed by atoms with Crippen LogP contribution in [-0.2, 0) is 11.8 Å². The molecule has 0 spiro atoms. The molecule has 3 heteroatoms. The number of fused-ring (bicyclic) bond motifs is 1. The van der Waals surface area contributed by atoms with Crippen molar-refractivity contribution in [1.29, 1.82) is 0 Å². The van der Waals surface area contributed by atoms with Gasteiger partial charge in [-0.05, 0) is 23.5 Å². The summed E-state index contributed by atoms with van der Waals surface area (Å²) in [7, 11) is 1.66. The van der Waals surface area contributed by atoms with Gasteiger partial charge in [-0.25, -0.2) is 0 Å². The number of methoxy groups -OCH3 is 1. The summed E-state index contributed by atoms with van der Waals surface area (Å²) in [6.07, 6.45) is 0.821. The number of hydrogen-bond acceptors (Lipinski definition) is 2. The minimum Gasteiger partial charge on any atom is -0.496 e. The lowest BCUT2D eigenvalue weighted by molar-refractivity contribution is 0.0946. The van der Waals surface area contributed by atoms with Gasteiger partial charge in [-0.2, -0.15) is 0 Å². The lowest BCUT2D eigenvalue weighted by Crippen LogP contribution is -2.15. The van der Waals surface area contributed by atoms with Gasteiger partial charge in [-0.15, -0.1) is 0 Å². The molecule has 0 radical (unpaired) electrons. The molecule has 0 amide bonds. The van der Waals surface area contributed by atoms with Gasteiger partial charge in [-0.3, -0.25) is 4.79 Å². The Morgan fingerprint density at radius 3 is 2.50 bits per heavy atom. The molecule has 1 aromatic rings. The summed E-state index contributed by atoms with van der Waals surface area (Å²) in [5, 5.41) is 0. The van der Waals surface area contributed by atoms with E-state index in [4.69, 9.17) is 4.74 Å². The normalized spacial score (nSPS) is 19.0. The van der Waals surface area contributed by atoms with E-state index < -0.39 is 0 Å². The van der Waals surface area contributed by atoms with Gasteiger partial charge >= 0.3 is 0 Å². The quantitative estimate of drug-likeness (QED) is 0.779. The first kappa shape index (κ1) is 13.6. The fraction of sp³-hybridized carbons (Fsp3) is 0.533. The third-order valence-electron chi connectivity index (χ3n) is 3.52. The molecule has 1 atom stereocenters. The summed E-state index contributed by atoms with van der Waals surface area (Å²) < 4.78 is 6.52. The molecule has 1 aliphatic carbocycles. The molecule has 0 saturated carbocycles. The molecule has 2 rings (SSSR count). The van der Waals surface area contributed by atoms with E-state index in [0.717, 1.165) is 33.3 Å². The number of Topliss-reactive ketones (excluding diaryl/α,β-unsaturated/α-hetero) is 1. The van der Waals surface area contributed by atoms with Crippen molar-refractivity contribution >= 4 is 21.7 Å². The number of carbonyl (C=O) groups excluding carboxylic acids is 1. The summed E-state index contributed by atoms with van der Waals surface area (Å²) in [5.41, 5.74) is 3.08. The first-order valence-electron chi connectivity index (χ1n) is 6.21. The van der Waals surface area contributed by atoms with Gasteiger partial charge in [-0.1, -0.05) is 43.6 Å². The van der Waals surface area contributed by atoms with E-state index in [1.165, 1.54) is 0 Å². The van der Waals surface area contributed by atoms with Crippen LogP contribution in [0.15, 0.2) is 10.5 Å². The lowest BCUT2D eigenvalue weighted by Gasteiger charge is -2.25. The molecule has 1 aliphatic rings. The van der Waals surface area contributed by atoms with Crippen LogP contribution in [0.1, 0.15) is 49.2 Å². The van der Waals surface area contributed by atoms with Crippen molar-refractivity contribution in [3.05, 3.63) is 27.2 Å². The average Bonchev–Trinajstić information content (AvgIpc) is 2.54. The Morgan fingerprint density at radius 2 is 2.00 bits per heavy atom. The zero-order valence-electron chi connectivity index (χ0n) is 11.6. The molecule has 98 valence electrons. The van der Waals surface area contributed by atoms with Gasteiger partial charge in [0.1, 0.15) is 5.75 Å². The second-order valence-corrected chi connectivity index (χ2v) is 6.81. The molecular weight excluding hydrogens is 292 g/mol. The second kappa shape index (κ2) is 4.37. The minimum absolute atomic E-state index is 0.0198. The largest absolute Gasteiger partial charge is 0.496 e.